The Hall–Kier alpha value is -2.52. The van der Waals surface area contributed by atoms with Gasteiger partial charge in [0.05, 0.1) is 16.3 Å². The second kappa shape index (κ2) is 8.24. The number of carbonyl (C=O) groups excluding carboxylic acids is 1. The number of rotatable bonds is 8. The normalized spacial score (nSPS) is 11.4. The highest BCUT2D eigenvalue weighted by Crippen LogP contribution is 2.14. The van der Waals surface area contributed by atoms with Crippen LogP contribution in [0.2, 0.25) is 0 Å². The van der Waals surface area contributed by atoms with Crippen LogP contribution < -0.4 is 5.32 Å². The van der Waals surface area contributed by atoms with Gasteiger partial charge < -0.3 is 5.32 Å². The Morgan fingerprint density at radius 1 is 1.19 bits per heavy atom. The zero-order valence-electron chi connectivity index (χ0n) is 13.9. The Morgan fingerprint density at radius 3 is 2.73 bits per heavy atom. The van der Waals surface area contributed by atoms with E-state index in [0.29, 0.717) is 13.0 Å². The second-order valence-corrected chi connectivity index (χ2v) is 8.50. The van der Waals surface area contributed by atoms with Crippen LogP contribution in [0, 0.1) is 0 Å². The number of benzene rings is 1. The van der Waals surface area contributed by atoms with Crippen LogP contribution in [0.4, 0.5) is 0 Å². The minimum atomic E-state index is -3.44. The number of hydrogen-bond acceptors (Lipinski definition) is 6. The Balaban J connectivity index is 1.43. The molecule has 0 fully saturated rings. The van der Waals surface area contributed by atoms with E-state index in [1.807, 2.05) is 17.6 Å². The Morgan fingerprint density at radius 2 is 2.00 bits per heavy atom. The fourth-order valence-corrected chi connectivity index (χ4v) is 4.35. The van der Waals surface area contributed by atoms with E-state index in [9.17, 15) is 13.2 Å². The predicted octanol–water partition coefficient (Wildman–Crippen LogP) is 1.85. The first kappa shape index (κ1) is 18.3. The number of thiazole rings is 1. The van der Waals surface area contributed by atoms with Gasteiger partial charge in [-0.2, -0.15) is 5.10 Å². The summed E-state index contributed by atoms with van der Waals surface area (Å²) in [6, 6.07) is 9.97. The molecule has 0 saturated carbocycles. The van der Waals surface area contributed by atoms with Crippen LogP contribution in [0.25, 0.3) is 5.13 Å². The highest BCUT2D eigenvalue weighted by atomic mass is 32.2. The van der Waals surface area contributed by atoms with Crippen LogP contribution in [0.15, 0.2) is 59.1 Å². The Labute approximate surface area is 155 Å². The summed E-state index contributed by atoms with van der Waals surface area (Å²) in [5.74, 6) is -0.491. The molecule has 0 spiro atoms. The summed E-state index contributed by atoms with van der Waals surface area (Å²) in [6.07, 6.45) is 4.02. The standard InChI is InChI=1S/C17H18N4O3S2/c22-16(8-12-26(23,24)15-5-2-1-3-6-15)18-10-7-14-13-25-17(20-14)21-11-4-9-19-21/h1-6,9,11,13H,7-8,10,12H2,(H,18,22). The molecule has 136 valence electrons. The molecule has 0 aliphatic rings. The molecule has 2 heterocycles. The van der Waals surface area contributed by atoms with Crippen LogP contribution in [-0.2, 0) is 21.1 Å². The van der Waals surface area contributed by atoms with Gasteiger partial charge in [-0.15, -0.1) is 11.3 Å². The van der Waals surface area contributed by atoms with E-state index in [0.717, 1.165) is 10.8 Å². The number of nitrogens with zero attached hydrogens (tertiary/aromatic N) is 3. The maximum absolute atomic E-state index is 12.2. The van der Waals surface area contributed by atoms with Gasteiger partial charge in [0.2, 0.25) is 11.0 Å². The van der Waals surface area contributed by atoms with E-state index in [2.05, 4.69) is 15.4 Å². The molecule has 0 radical (unpaired) electrons. The summed E-state index contributed by atoms with van der Waals surface area (Å²) < 4.78 is 26.0. The molecule has 0 atom stereocenters. The predicted molar refractivity (Wildman–Crippen MR) is 99.1 cm³/mol. The van der Waals surface area contributed by atoms with Gasteiger partial charge in [-0.05, 0) is 18.2 Å². The lowest BCUT2D eigenvalue weighted by atomic mass is 10.3. The van der Waals surface area contributed by atoms with Gasteiger partial charge in [0.1, 0.15) is 0 Å². The van der Waals surface area contributed by atoms with E-state index in [1.54, 1.807) is 29.1 Å². The molecule has 0 bridgehead atoms. The third kappa shape index (κ3) is 4.77. The summed E-state index contributed by atoms with van der Waals surface area (Å²) in [7, 11) is -3.44. The fourth-order valence-electron chi connectivity index (χ4n) is 2.29. The van der Waals surface area contributed by atoms with Crippen molar-refractivity contribution in [2.75, 3.05) is 12.3 Å². The fraction of sp³-hybridized carbons (Fsp3) is 0.235. The maximum atomic E-state index is 12.2. The number of carbonyl (C=O) groups is 1. The molecule has 0 aliphatic carbocycles. The van der Waals surface area contributed by atoms with Crippen LogP contribution >= 0.6 is 11.3 Å². The summed E-state index contributed by atoms with van der Waals surface area (Å²) in [5, 5.41) is 9.55. The van der Waals surface area contributed by atoms with Crippen LogP contribution in [0.5, 0.6) is 0 Å². The summed E-state index contributed by atoms with van der Waals surface area (Å²) in [4.78, 5) is 16.6. The van der Waals surface area contributed by atoms with Gasteiger partial charge in [0.15, 0.2) is 9.84 Å². The van der Waals surface area contributed by atoms with E-state index in [1.165, 1.54) is 23.5 Å². The molecule has 0 unspecified atom stereocenters. The number of sulfone groups is 1. The second-order valence-electron chi connectivity index (χ2n) is 5.55. The highest BCUT2D eigenvalue weighted by Gasteiger charge is 2.16. The number of amides is 1. The van der Waals surface area contributed by atoms with Gasteiger partial charge in [0, 0.05) is 37.2 Å². The maximum Gasteiger partial charge on any atom is 0.221 e. The lowest BCUT2D eigenvalue weighted by Crippen LogP contribution is -2.27. The number of hydrogen-bond donors (Lipinski definition) is 1. The number of aromatic nitrogens is 3. The van der Waals surface area contributed by atoms with Gasteiger partial charge in [-0.25, -0.2) is 18.1 Å². The van der Waals surface area contributed by atoms with Crippen molar-refractivity contribution in [1.82, 2.24) is 20.1 Å². The van der Waals surface area contributed by atoms with Crippen molar-refractivity contribution < 1.29 is 13.2 Å². The minimum Gasteiger partial charge on any atom is -0.356 e. The minimum absolute atomic E-state index is 0.0627. The summed E-state index contributed by atoms with van der Waals surface area (Å²) in [5.41, 5.74) is 0.859. The van der Waals surface area contributed by atoms with E-state index in [-0.39, 0.29) is 23.0 Å². The van der Waals surface area contributed by atoms with Gasteiger partial charge in [0.25, 0.3) is 0 Å². The quantitative estimate of drug-likeness (QED) is 0.633. The molecule has 3 rings (SSSR count). The smallest absolute Gasteiger partial charge is 0.221 e. The largest absolute Gasteiger partial charge is 0.356 e. The first-order chi connectivity index (χ1) is 12.5. The van der Waals surface area contributed by atoms with Gasteiger partial charge >= 0.3 is 0 Å². The molecular formula is C17H18N4O3S2. The lowest BCUT2D eigenvalue weighted by molar-refractivity contribution is -0.120. The average molecular weight is 390 g/mol. The monoisotopic (exact) mass is 390 g/mol. The molecule has 0 saturated heterocycles. The van der Waals surface area contributed by atoms with Crippen molar-refractivity contribution in [1.29, 1.82) is 0 Å². The molecule has 1 amide bonds. The molecule has 7 nitrogen and oxygen atoms in total. The average Bonchev–Trinajstić information content (AvgIpc) is 3.32. The van der Waals surface area contributed by atoms with Crippen LogP contribution in [0.3, 0.4) is 0 Å². The van der Waals surface area contributed by atoms with Crippen molar-refractivity contribution >= 4 is 27.1 Å². The van der Waals surface area contributed by atoms with Gasteiger partial charge in [-0.3, -0.25) is 4.79 Å². The topological polar surface area (TPSA) is 94.0 Å². The third-order valence-corrected chi connectivity index (χ3v) is 6.25. The molecule has 2 aromatic heterocycles. The van der Waals surface area contributed by atoms with Crippen molar-refractivity contribution in [3.63, 3.8) is 0 Å². The Bertz CT molecular complexity index is 951. The first-order valence-corrected chi connectivity index (χ1v) is 10.6. The van der Waals surface area contributed by atoms with E-state index in [4.69, 9.17) is 0 Å². The summed E-state index contributed by atoms with van der Waals surface area (Å²) >= 11 is 1.47. The molecule has 9 heteroatoms. The van der Waals surface area contributed by atoms with Crippen molar-refractivity contribution in [2.24, 2.45) is 0 Å². The third-order valence-electron chi connectivity index (χ3n) is 3.64. The molecule has 26 heavy (non-hydrogen) atoms. The van der Waals surface area contributed by atoms with Crippen molar-refractivity contribution in [2.45, 2.75) is 17.7 Å². The SMILES string of the molecule is O=C(CCS(=O)(=O)c1ccccc1)NCCc1csc(-n2cccn2)n1. The molecule has 0 aliphatic heterocycles. The van der Waals surface area contributed by atoms with E-state index >= 15 is 0 Å². The van der Waals surface area contributed by atoms with Gasteiger partial charge in [-0.1, -0.05) is 18.2 Å². The Kier molecular flexibility index (Phi) is 5.79. The van der Waals surface area contributed by atoms with Crippen molar-refractivity contribution in [3.8, 4) is 5.13 Å². The van der Waals surface area contributed by atoms with Crippen molar-refractivity contribution in [3.05, 3.63) is 59.9 Å². The van der Waals surface area contributed by atoms with Crippen LogP contribution in [0.1, 0.15) is 12.1 Å². The molecule has 3 aromatic rings. The lowest BCUT2D eigenvalue weighted by Gasteiger charge is -2.05. The highest BCUT2D eigenvalue weighted by molar-refractivity contribution is 7.91. The van der Waals surface area contributed by atoms with Crippen LogP contribution in [-0.4, -0.2) is 41.4 Å². The van der Waals surface area contributed by atoms with E-state index < -0.39 is 9.84 Å². The number of nitrogens with one attached hydrogen (secondary N) is 1. The molecular weight excluding hydrogens is 372 g/mol. The first-order valence-electron chi connectivity index (χ1n) is 8.03. The zero-order valence-corrected chi connectivity index (χ0v) is 15.5. The molecule has 1 aromatic carbocycles. The summed E-state index contributed by atoms with van der Waals surface area (Å²) in [6.45, 7) is 0.409. The zero-order chi connectivity index (χ0) is 18.4. The molecule has 1 N–H and O–H groups in total.